The molecule has 0 fully saturated rings. The molecule has 2 rings (SSSR count). The van der Waals surface area contributed by atoms with Crippen LogP contribution < -0.4 is 21.4 Å². The van der Waals surface area contributed by atoms with Gasteiger partial charge in [-0.25, -0.2) is 4.57 Å². The maximum Gasteiger partial charge on any atom is 0.351 e. The molecule has 136 valence electrons. The van der Waals surface area contributed by atoms with Gasteiger partial charge in [0.15, 0.2) is 0 Å². The number of aromatic nitrogens is 3. The normalized spacial score (nSPS) is 14.8. The Kier molecular flexibility index (Phi) is 5.88. The van der Waals surface area contributed by atoms with Gasteiger partial charge in [0.05, 0.1) is 6.20 Å². The number of aliphatic carboxylic acids is 2. The van der Waals surface area contributed by atoms with Crippen LogP contribution in [0.25, 0.3) is 11.2 Å². The Bertz CT molecular complexity index is 762. The van der Waals surface area contributed by atoms with Crippen LogP contribution in [0.3, 0.4) is 0 Å². The van der Waals surface area contributed by atoms with Crippen molar-refractivity contribution in [1.29, 1.82) is 0 Å². The van der Waals surface area contributed by atoms with Crippen molar-refractivity contribution in [3.8, 4) is 0 Å². The molecule has 2 heterocycles. The van der Waals surface area contributed by atoms with E-state index < -0.39 is 24.0 Å². The number of carboxylic acid groups (broad SMARTS) is 2. The summed E-state index contributed by atoms with van der Waals surface area (Å²) >= 11 is 0. The van der Waals surface area contributed by atoms with Crippen LogP contribution in [0.4, 0.5) is 5.95 Å². The Balaban J connectivity index is 2.07. The van der Waals surface area contributed by atoms with E-state index >= 15 is 0 Å². The van der Waals surface area contributed by atoms with Crippen LogP contribution in [0.1, 0.15) is 19.8 Å². The lowest BCUT2D eigenvalue weighted by Crippen LogP contribution is -2.47. The molecule has 2 aromatic heterocycles. The third kappa shape index (κ3) is 4.88. The number of hydrogen-bond donors (Lipinski definition) is 6. The predicted octanol–water partition coefficient (Wildman–Crippen LogP) is -0.745. The third-order valence-electron chi connectivity index (χ3n) is 3.83. The zero-order chi connectivity index (χ0) is 18.6. The molecule has 0 saturated carbocycles. The molecule has 0 amide bonds. The number of H-pyrrole nitrogens is 1. The average molecular weight is 351 g/mol. The lowest BCUT2D eigenvalue weighted by molar-refractivity contribution is -0.673. The fourth-order valence-corrected chi connectivity index (χ4v) is 2.39. The summed E-state index contributed by atoms with van der Waals surface area (Å²) in [5.41, 5.74) is 12.4. The lowest BCUT2D eigenvalue weighted by atomic mass is 10.1. The van der Waals surface area contributed by atoms with Crippen molar-refractivity contribution in [1.82, 2.24) is 9.97 Å². The van der Waals surface area contributed by atoms with Gasteiger partial charge in [0, 0.05) is 6.04 Å². The van der Waals surface area contributed by atoms with Crippen LogP contribution in [0.2, 0.25) is 0 Å². The minimum atomic E-state index is -1.08. The van der Waals surface area contributed by atoms with Gasteiger partial charge in [0.25, 0.3) is 0 Å². The molecule has 0 saturated heterocycles. The summed E-state index contributed by atoms with van der Waals surface area (Å²) in [4.78, 5) is 29.2. The van der Waals surface area contributed by atoms with E-state index in [1.54, 1.807) is 16.8 Å². The lowest BCUT2D eigenvalue weighted by Gasteiger charge is -2.12. The van der Waals surface area contributed by atoms with Crippen LogP contribution >= 0.6 is 0 Å². The fraction of sp³-hybridized carbons (Fsp3) is 0.467. The van der Waals surface area contributed by atoms with Gasteiger partial charge >= 0.3 is 23.5 Å². The van der Waals surface area contributed by atoms with Crippen molar-refractivity contribution in [3.05, 3.63) is 18.3 Å². The molecule has 10 nitrogen and oxygen atoms in total. The van der Waals surface area contributed by atoms with Gasteiger partial charge in [-0.2, -0.15) is 0 Å². The summed E-state index contributed by atoms with van der Waals surface area (Å²) in [7, 11) is 0. The number of fused-ring (bicyclic) bond motifs is 1. The van der Waals surface area contributed by atoms with Gasteiger partial charge in [0.1, 0.15) is 24.1 Å². The topological polar surface area (TPSA) is 171 Å². The van der Waals surface area contributed by atoms with E-state index in [9.17, 15) is 9.59 Å². The summed E-state index contributed by atoms with van der Waals surface area (Å²) in [6.07, 6.45) is 2.62. The maximum absolute atomic E-state index is 10.9. The maximum atomic E-state index is 10.9. The molecule has 3 unspecified atom stereocenters. The first-order chi connectivity index (χ1) is 11.8. The second-order valence-electron chi connectivity index (χ2n) is 6.00. The van der Waals surface area contributed by atoms with E-state index in [1.807, 2.05) is 13.0 Å². The van der Waals surface area contributed by atoms with Crippen LogP contribution in [-0.4, -0.2) is 50.2 Å². The second kappa shape index (κ2) is 7.90. The average Bonchev–Trinajstić information content (AvgIpc) is 2.95. The number of nitrogens with one attached hydrogen (secondary N) is 2. The standard InChI is InChI=1S/C15H22N6O4/c1-8(4-5-9(16)13(22)23)18-15-19-11-3-2-6-21(12(11)20-15)7-10(17)14(24)25/h2-3,6,8-10H,4-5,7,16-17H2,1H3,(H3,18,19,22,23,24,25)/p+1. The number of hydrogen-bond acceptors (Lipinski definition) is 6. The molecule has 0 aliphatic heterocycles. The monoisotopic (exact) mass is 351 g/mol. The molecular formula is C15H23N6O4+. The highest BCUT2D eigenvalue weighted by Crippen LogP contribution is 2.13. The summed E-state index contributed by atoms with van der Waals surface area (Å²) in [5.74, 6) is -1.59. The van der Waals surface area contributed by atoms with E-state index in [4.69, 9.17) is 21.7 Å². The number of nitrogens with zero attached hydrogens (tertiary/aromatic N) is 2. The Morgan fingerprint density at radius 1 is 1.28 bits per heavy atom. The van der Waals surface area contributed by atoms with Gasteiger partial charge in [-0.1, -0.05) is 0 Å². The van der Waals surface area contributed by atoms with Crippen molar-refractivity contribution < 1.29 is 24.4 Å². The van der Waals surface area contributed by atoms with Gasteiger partial charge in [-0.15, -0.1) is 0 Å². The Hall–Kier alpha value is -2.72. The molecule has 2 aromatic rings. The van der Waals surface area contributed by atoms with Crippen LogP contribution in [0, 0.1) is 0 Å². The largest absolute Gasteiger partial charge is 0.480 e. The van der Waals surface area contributed by atoms with Crippen molar-refractivity contribution in [2.24, 2.45) is 11.5 Å². The molecular weight excluding hydrogens is 328 g/mol. The molecule has 0 bridgehead atoms. The van der Waals surface area contributed by atoms with Crippen LogP contribution in [-0.2, 0) is 16.1 Å². The summed E-state index contributed by atoms with van der Waals surface area (Å²) < 4.78 is 1.67. The van der Waals surface area contributed by atoms with E-state index in [0.717, 1.165) is 5.52 Å². The highest BCUT2D eigenvalue weighted by atomic mass is 16.4. The number of nitrogens with two attached hydrogens (primary N) is 2. The van der Waals surface area contributed by atoms with Crippen LogP contribution in [0.15, 0.2) is 18.3 Å². The van der Waals surface area contributed by atoms with Crippen molar-refractivity contribution in [2.75, 3.05) is 5.32 Å². The summed E-state index contributed by atoms with van der Waals surface area (Å²) in [5, 5.41) is 20.9. The van der Waals surface area contributed by atoms with E-state index in [2.05, 4.69) is 15.3 Å². The number of carbonyl (C=O) groups is 2. The predicted molar refractivity (Wildman–Crippen MR) is 89.8 cm³/mol. The molecule has 25 heavy (non-hydrogen) atoms. The van der Waals surface area contributed by atoms with E-state index in [1.165, 1.54) is 0 Å². The Labute approximate surface area is 143 Å². The SMILES string of the molecule is CC(CCC(N)C(=O)O)Nc1nc2c(ccc[n+]2CC(N)C(=O)O)[nH]1. The molecule has 0 radical (unpaired) electrons. The third-order valence-corrected chi connectivity index (χ3v) is 3.83. The van der Waals surface area contributed by atoms with Crippen LogP contribution in [0.5, 0.6) is 0 Å². The fourth-order valence-electron chi connectivity index (χ4n) is 2.39. The molecule has 3 atom stereocenters. The van der Waals surface area contributed by atoms with E-state index in [-0.39, 0.29) is 12.6 Å². The molecule has 0 aliphatic carbocycles. The first-order valence-corrected chi connectivity index (χ1v) is 7.89. The molecule has 10 heteroatoms. The van der Waals surface area contributed by atoms with Crippen molar-refractivity contribution >= 4 is 29.1 Å². The quantitative estimate of drug-likeness (QED) is 0.320. The van der Waals surface area contributed by atoms with Crippen molar-refractivity contribution in [3.63, 3.8) is 0 Å². The highest BCUT2D eigenvalue weighted by Gasteiger charge is 2.21. The number of anilines is 1. The van der Waals surface area contributed by atoms with Gasteiger partial charge < -0.3 is 27.0 Å². The number of aromatic amines is 1. The second-order valence-corrected chi connectivity index (χ2v) is 6.00. The minimum absolute atomic E-state index is 0.0410. The summed E-state index contributed by atoms with van der Waals surface area (Å²) in [6.45, 7) is 2.00. The zero-order valence-corrected chi connectivity index (χ0v) is 13.8. The summed E-state index contributed by atoms with van der Waals surface area (Å²) in [6, 6.07) is 1.63. The number of imidazole rings is 1. The number of carboxylic acids is 2. The minimum Gasteiger partial charge on any atom is -0.480 e. The molecule has 0 spiro atoms. The first-order valence-electron chi connectivity index (χ1n) is 7.89. The molecule has 0 aromatic carbocycles. The highest BCUT2D eigenvalue weighted by molar-refractivity contribution is 5.73. The van der Waals surface area contributed by atoms with Gasteiger partial charge in [-0.05, 0) is 36.9 Å². The Morgan fingerprint density at radius 3 is 2.60 bits per heavy atom. The van der Waals surface area contributed by atoms with Crippen molar-refractivity contribution in [2.45, 2.75) is 44.4 Å². The zero-order valence-electron chi connectivity index (χ0n) is 13.8. The van der Waals surface area contributed by atoms with E-state index in [0.29, 0.717) is 24.4 Å². The van der Waals surface area contributed by atoms with Gasteiger partial charge in [0.2, 0.25) is 0 Å². The number of pyridine rings is 1. The number of rotatable bonds is 9. The van der Waals surface area contributed by atoms with Gasteiger partial charge in [-0.3, -0.25) is 14.6 Å². The molecule has 8 N–H and O–H groups in total. The smallest absolute Gasteiger partial charge is 0.351 e. The first kappa shape index (κ1) is 18.6. The molecule has 0 aliphatic rings. The Morgan fingerprint density at radius 2 is 1.96 bits per heavy atom.